The largest absolute Gasteiger partial charge is 0.356 e. The maximum Gasteiger partial charge on any atom is 0.191 e. The van der Waals surface area contributed by atoms with Crippen LogP contribution in [0, 0.1) is 13.8 Å². The minimum Gasteiger partial charge on any atom is -0.356 e. The smallest absolute Gasteiger partial charge is 0.191 e. The van der Waals surface area contributed by atoms with Crippen molar-refractivity contribution in [3.05, 3.63) is 51.3 Å². The van der Waals surface area contributed by atoms with Crippen molar-refractivity contribution in [3.8, 4) is 0 Å². The molecule has 28 heavy (non-hydrogen) atoms. The van der Waals surface area contributed by atoms with Crippen LogP contribution in [0.4, 0.5) is 0 Å². The van der Waals surface area contributed by atoms with Gasteiger partial charge in [0.1, 0.15) is 0 Å². The number of aliphatic imine (C=N–C) groups is 1. The molecule has 0 amide bonds. The Kier molecular flexibility index (Phi) is 6.48. The number of aryl methyl sites for hydroxylation is 2. The Morgan fingerprint density at radius 2 is 1.96 bits per heavy atom. The van der Waals surface area contributed by atoms with E-state index in [1.807, 2.05) is 18.8 Å². The van der Waals surface area contributed by atoms with E-state index in [1.165, 1.54) is 36.1 Å². The van der Waals surface area contributed by atoms with Crippen molar-refractivity contribution < 1.29 is 0 Å². The van der Waals surface area contributed by atoms with Crippen molar-refractivity contribution >= 4 is 21.9 Å². The van der Waals surface area contributed by atoms with Crippen LogP contribution >= 0.6 is 15.9 Å². The zero-order chi connectivity index (χ0) is 20.3. The van der Waals surface area contributed by atoms with Gasteiger partial charge in [0.25, 0.3) is 0 Å². The third-order valence-electron chi connectivity index (χ3n) is 6.14. The van der Waals surface area contributed by atoms with Gasteiger partial charge in [0.2, 0.25) is 0 Å². The van der Waals surface area contributed by atoms with Gasteiger partial charge < -0.3 is 10.6 Å². The molecule has 0 radical (unpaired) electrons. The van der Waals surface area contributed by atoms with Crippen LogP contribution in [0.2, 0.25) is 0 Å². The molecule has 1 aliphatic carbocycles. The van der Waals surface area contributed by atoms with E-state index in [9.17, 15) is 0 Å². The summed E-state index contributed by atoms with van der Waals surface area (Å²) in [6.07, 6.45) is 4.67. The monoisotopic (exact) mass is 445 g/mol. The standard InChI is InChI=1S/C22H32BrN5/c1-15(13-20-16(2)27-28(5)17(20)3)26-21(24-4)25-14-22(11-6-12-22)18-7-9-19(23)10-8-18/h7-10,15H,6,11-14H2,1-5H3,(H2,24,25,26). The van der Waals surface area contributed by atoms with E-state index in [0.29, 0.717) is 0 Å². The number of guanidine groups is 1. The molecule has 152 valence electrons. The molecule has 0 bridgehead atoms. The van der Waals surface area contributed by atoms with Crippen LogP contribution < -0.4 is 10.6 Å². The second kappa shape index (κ2) is 8.68. The van der Waals surface area contributed by atoms with Crippen molar-refractivity contribution in [3.63, 3.8) is 0 Å². The summed E-state index contributed by atoms with van der Waals surface area (Å²) in [4.78, 5) is 4.46. The molecule has 5 nitrogen and oxygen atoms in total. The van der Waals surface area contributed by atoms with E-state index in [-0.39, 0.29) is 11.5 Å². The number of nitrogens with one attached hydrogen (secondary N) is 2. The minimum absolute atomic E-state index is 0.220. The second-order valence-electron chi connectivity index (χ2n) is 8.09. The number of benzene rings is 1. The molecular weight excluding hydrogens is 414 g/mol. The fourth-order valence-corrected chi connectivity index (χ4v) is 4.39. The lowest BCUT2D eigenvalue weighted by atomic mass is 9.64. The highest BCUT2D eigenvalue weighted by molar-refractivity contribution is 9.10. The second-order valence-corrected chi connectivity index (χ2v) is 9.00. The third kappa shape index (κ3) is 4.43. The normalized spacial score (nSPS) is 17.1. The molecule has 0 saturated heterocycles. The number of nitrogens with zero attached hydrogens (tertiary/aromatic N) is 3. The van der Waals surface area contributed by atoms with Crippen molar-refractivity contribution in [1.29, 1.82) is 0 Å². The third-order valence-corrected chi connectivity index (χ3v) is 6.67. The van der Waals surface area contributed by atoms with E-state index in [2.05, 4.69) is 81.7 Å². The summed E-state index contributed by atoms with van der Waals surface area (Å²) in [7, 11) is 3.85. The molecule has 1 aromatic carbocycles. The molecule has 1 atom stereocenters. The van der Waals surface area contributed by atoms with Crippen LogP contribution in [0.25, 0.3) is 0 Å². The van der Waals surface area contributed by atoms with Crippen LogP contribution in [0.3, 0.4) is 0 Å². The Morgan fingerprint density at radius 1 is 1.29 bits per heavy atom. The summed E-state index contributed by atoms with van der Waals surface area (Å²) in [5.41, 5.74) is 5.30. The first kappa shape index (κ1) is 20.9. The van der Waals surface area contributed by atoms with Gasteiger partial charge >= 0.3 is 0 Å². The first-order valence-corrected chi connectivity index (χ1v) is 10.9. The molecule has 1 aliphatic rings. The Labute approximate surface area is 177 Å². The van der Waals surface area contributed by atoms with Gasteiger partial charge in [-0.1, -0.05) is 34.5 Å². The quantitative estimate of drug-likeness (QED) is 0.521. The lowest BCUT2D eigenvalue weighted by molar-refractivity contribution is 0.243. The molecule has 1 unspecified atom stereocenters. The molecular formula is C22H32BrN5. The zero-order valence-corrected chi connectivity index (χ0v) is 19.2. The lowest BCUT2D eigenvalue weighted by Gasteiger charge is -2.43. The van der Waals surface area contributed by atoms with Gasteiger partial charge in [-0.05, 0) is 63.3 Å². The van der Waals surface area contributed by atoms with Crippen molar-refractivity contribution in [2.75, 3.05) is 13.6 Å². The number of hydrogen-bond donors (Lipinski definition) is 2. The molecule has 3 rings (SSSR count). The molecule has 2 N–H and O–H groups in total. The fraction of sp³-hybridized carbons (Fsp3) is 0.545. The average Bonchev–Trinajstić information content (AvgIpc) is 2.87. The fourth-order valence-electron chi connectivity index (χ4n) is 4.13. The first-order valence-electron chi connectivity index (χ1n) is 10.1. The molecule has 1 saturated carbocycles. The van der Waals surface area contributed by atoms with Crippen molar-refractivity contribution in [2.45, 2.75) is 57.9 Å². The topological polar surface area (TPSA) is 54.2 Å². The van der Waals surface area contributed by atoms with Crippen LogP contribution in [0.15, 0.2) is 33.7 Å². The van der Waals surface area contributed by atoms with E-state index in [0.717, 1.165) is 29.1 Å². The number of hydrogen-bond acceptors (Lipinski definition) is 2. The van der Waals surface area contributed by atoms with E-state index >= 15 is 0 Å². The van der Waals surface area contributed by atoms with Crippen LogP contribution in [-0.4, -0.2) is 35.4 Å². The first-order chi connectivity index (χ1) is 13.3. The highest BCUT2D eigenvalue weighted by Gasteiger charge is 2.38. The van der Waals surface area contributed by atoms with Crippen LogP contribution in [0.1, 0.15) is 48.7 Å². The summed E-state index contributed by atoms with van der Waals surface area (Å²) in [6.45, 7) is 7.33. The average molecular weight is 446 g/mol. The number of rotatable bonds is 6. The maximum absolute atomic E-state index is 4.53. The summed E-state index contributed by atoms with van der Waals surface area (Å²) >= 11 is 3.54. The molecule has 2 aromatic rings. The van der Waals surface area contributed by atoms with Gasteiger partial charge in [-0.2, -0.15) is 5.10 Å². The highest BCUT2D eigenvalue weighted by atomic mass is 79.9. The van der Waals surface area contributed by atoms with Crippen molar-refractivity contribution in [2.24, 2.45) is 12.0 Å². The predicted molar refractivity (Wildman–Crippen MR) is 120 cm³/mol. The molecule has 1 aromatic heterocycles. The Bertz CT molecular complexity index is 833. The zero-order valence-electron chi connectivity index (χ0n) is 17.6. The molecule has 0 spiro atoms. The van der Waals surface area contributed by atoms with Gasteiger partial charge in [-0.3, -0.25) is 9.67 Å². The lowest BCUT2D eigenvalue weighted by Crippen LogP contribution is -2.50. The molecule has 6 heteroatoms. The van der Waals surface area contributed by atoms with Gasteiger partial charge in [0.05, 0.1) is 5.69 Å². The van der Waals surface area contributed by atoms with Crippen LogP contribution in [0.5, 0.6) is 0 Å². The molecule has 1 heterocycles. The molecule has 1 fully saturated rings. The Hall–Kier alpha value is -1.82. The summed E-state index contributed by atoms with van der Waals surface area (Å²) in [6, 6.07) is 9.06. The van der Waals surface area contributed by atoms with Crippen LogP contribution in [-0.2, 0) is 18.9 Å². The minimum atomic E-state index is 0.220. The maximum atomic E-state index is 4.53. The number of halogens is 1. The Morgan fingerprint density at radius 3 is 2.46 bits per heavy atom. The van der Waals surface area contributed by atoms with E-state index < -0.39 is 0 Å². The summed E-state index contributed by atoms with van der Waals surface area (Å²) in [5.74, 6) is 0.870. The van der Waals surface area contributed by atoms with Gasteiger partial charge in [-0.25, -0.2) is 0 Å². The predicted octanol–water partition coefficient (Wildman–Crippen LogP) is 4.02. The molecule has 0 aliphatic heterocycles. The van der Waals surface area contributed by atoms with E-state index in [1.54, 1.807) is 0 Å². The van der Waals surface area contributed by atoms with E-state index in [4.69, 9.17) is 0 Å². The van der Waals surface area contributed by atoms with Gasteiger partial charge in [0.15, 0.2) is 5.96 Å². The van der Waals surface area contributed by atoms with Crippen molar-refractivity contribution in [1.82, 2.24) is 20.4 Å². The summed E-state index contributed by atoms with van der Waals surface area (Å²) < 4.78 is 3.09. The SMILES string of the molecule is CN=C(NCC1(c2ccc(Br)cc2)CCC1)NC(C)Cc1c(C)nn(C)c1C. The summed E-state index contributed by atoms with van der Waals surface area (Å²) in [5, 5.41) is 11.7. The number of aromatic nitrogens is 2. The van der Waals surface area contributed by atoms with Gasteiger partial charge in [0, 0.05) is 42.3 Å². The highest BCUT2D eigenvalue weighted by Crippen LogP contribution is 2.43. The Balaban J connectivity index is 1.60. The van der Waals surface area contributed by atoms with Gasteiger partial charge in [-0.15, -0.1) is 0 Å².